The lowest BCUT2D eigenvalue weighted by atomic mass is 9.83. The van der Waals surface area contributed by atoms with E-state index < -0.39 is 11.2 Å². The molecule has 2 nitrogen and oxygen atoms in total. The first-order valence-corrected chi connectivity index (χ1v) is 4.59. The van der Waals surface area contributed by atoms with Crippen LogP contribution < -0.4 is 0 Å². The monoisotopic (exact) mass is 182 g/mol. The van der Waals surface area contributed by atoms with Gasteiger partial charge in [-0.05, 0) is 34.6 Å². The van der Waals surface area contributed by atoms with E-state index in [1.165, 1.54) is 0 Å². The highest BCUT2D eigenvalue weighted by Crippen LogP contribution is 2.44. The lowest BCUT2D eigenvalue weighted by Gasteiger charge is -2.30. The lowest BCUT2D eigenvalue weighted by Crippen LogP contribution is -2.44. The van der Waals surface area contributed by atoms with Gasteiger partial charge in [0.25, 0.3) is 0 Å². The van der Waals surface area contributed by atoms with Gasteiger partial charge in [0.05, 0.1) is 5.60 Å². The van der Waals surface area contributed by atoms with E-state index in [1.807, 2.05) is 27.7 Å². The Labute approximate surface area is 80.3 Å². The van der Waals surface area contributed by atoms with Crippen LogP contribution in [0.2, 0.25) is 0 Å². The Morgan fingerprint density at radius 2 is 1.77 bits per heavy atom. The quantitative estimate of drug-likeness (QED) is 0.578. The molecule has 1 N–H and O–H groups in total. The van der Waals surface area contributed by atoms with Crippen molar-refractivity contribution in [3.63, 3.8) is 0 Å². The highest BCUT2D eigenvalue weighted by molar-refractivity contribution is 5.24. The SMILES string of the molecule is CC#CC1(O)CC(C)(C)OC1(C)C. The van der Waals surface area contributed by atoms with Crippen LogP contribution in [0.1, 0.15) is 41.0 Å². The van der Waals surface area contributed by atoms with Gasteiger partial charge in [-0.2, -0.15) is 0 Å². The number of hydrogen-bond donors (Lipinski definition) is 1. The third-order valence-corrected chi connectivity index (χ3v) is 2.54. The molecular formula is C11H18O2. The van der Waals surface area contributed by atoms with E-state index in [4.69, 9.17) is 4.74 Å². The van der Waals surface area contributed by atoms with Gasteiger partial charge < -0.3 is 9.84 Å². The molecule has 1 fully saturated rings. The summed E-state index contributed by atoms with van der Waals surface area (Å²) in [6.07, 6.45) is 0.563. The Kier molecular flexibility index (Phi) is 2.22. The molecule has 0 aromatic rings. The van der Waals surface area contributed by atoms with Crippen LogP contribution in [0.4, 0.5) is 0 Å². The molecular weight excluding hydrogens is 164 g/mol. The van der Waals surface area contributed by atoms with Crippen molar-refractivity contribution in [2.24, 2.45) is 0 Å². The van der Waals surface area contributed by atoms with Gasteiger partial charge in [-0.1, -0.05) is 5.92 Å². The molecule has 1 unspecified atom stereocenters. The number of rotatable bonds is 0. The summed E-state index contributed by atoms with van der Waals surface area (Å²) < 4.78 is 5.75. The van der Waals surface area contributed by atoms with Gasteiger partial charge in [-0.3, -0.25) is 0 Å². The molecule has 13 heavy (non-hydrogen) atoms. The summed E-state index contributed by atoms with van der Waals surface area (Å²) in [5.74, 6) is 5.61. The standard InChI is InChI=1S/C11H18O2/c1-6-7-11(12)8-9(2,3)13-10(11,4)5/h12H,8H2,1-5H3. The highest BCUT2D eigenvalue weighted by Gasteiger charge is 2.55. The summed E-state index contributed by atoms with van der Waals surface area (Å²) in [6.45, 7) is 9.45. The molecule has 1 aliphatic rings. The largest absolute Gasteiger partial charge is 0.374 e. The van der Waals surface area contributed by atoms with Crippen molar-refractivity contribution in [2.75, 3.05) is 0 Å². The Hall–Kier alpha value is -0.520. The predicted octanol–water partition coefficient (Wildman–Crippen LogP) is 1.72. The van der Waals surface area contributed by atoms with Gasteiger partial charge in [0.1, 0.15) is 5.60 Å². The lowest BCUT2D eigenvalue weighted by molar-refractivity contribution is -0.106. The van der Waals surface area contributed by atoms with Gasteiger partial charge in [0, 0.05) is 6.42 Å². The molecule has 2 heteroatoms. The maximum Gasteiger partial charge on any atom is 0.156 e. The zero-order valence-electron chi connectivity index (χ0n) is 9.06. The Balaban J connectivity index is 3.04. The van der Waals surface area contributed by atoms with Gasteiger partial charge in [-0.15, -0.1) is 5.92 Å². The second kappa shape index (κ2) is 2.73. The molecule has 0 aliphatic carbocycles. The third-order valence-electron chi connectivity index (χ3n) is 2.54. The molecule has 0 radical (unpaired) electrons. The van der Waals surface area contributed by atoms with E-state index in [-0.39, 0.29) is 5.60 Å². The van der Waals surface area contributed by atoms with Crippen LogP contribution in [0.3, 0.4) is 0 Å². The van der Waals surface area contributed by atoms with Gasteiger partial charge in [-0.25, -0.2) is 0 Å². The van der Waals surface area contributed by atoms with Crippen molar-refractivity contribution in [3.8, 4) is 11.8 Å². The fraction of sp³-hybridized carbons (Fsp3) is 0.818. The maximum absolute atomic E-state index is 10.3. The molecule has 1 atom stereocenters. The van der Waals surface area contributed by atoms with Crippen LogP contribution >= 0.6 is 0 Å². The van der Waals surface area contributed by atoms with E-state index in [1.54, 1.807) is 6.92 Å². The first-order valence-electron chi connectivity index (χ1n) is 4.59. The highest BCUT2D eigenvalue weighted by atomic mass is 16.5. The molecule has 0 amide bonds. The topological polar surface area (TPSA) is 29.5 Å². The van der Waals surface area contributed by atoms with Crippen LogP contribution in [-0.4, -0.2) is 21.9 Å². The first kappa shape index (κ1) is 10.6. The fourth-order valence-electron chi connectivity index (χ4n) is 2.04. The van der Waals surface area contributed by atoms with Crippen molar-refractivity contribution in [2.45, 2.75) is 57.8 Å². The molecule has 1 aliphatic heterocycles. The van der Waals surface area contributed by atoms with Gasteiger partial charge >= 0.3 is 0 Å². The minimum atomic E-state index is -1.01. The normalized spacial score (nSPS) is 35.2. The third kappa shape index (κ3) is 1.72. The number of aliphatic hydroxyl groups is 1. The molecule has 74 valence electrons. The summed E-state index contributed by atoms with van der Waals surface area (Å²) in [7, 11) is 0. The number of ether oxygens (including phenoxy) is 1. The summed E-state index contributed by atoms with van der Waals surface area (Å²) in [5.41, 5.74) is -1.88. The average molecular weight is 182 g/mol. The molecule has 0 bridgehead atoms. The summed E-state index contributed by atoms with van der Waals surface area (Å²) in [5, 5.41) is 10.3. The van der Waals surface area contributed by atoms with Crippen LogP contribution in [0.25, 0.3) is 0 Å². The second-order valence-corrected chi connectivity index (χ2v) is 4.78. The fourth-order valence-corrected chi connectivity index (χ4v) is 2.04. The van der Waals surface area contributed by atoms with Gasteiger partial charge in [0.15, 0.2) is 5.60 Å². The van der Waals surface area contributed by atoms with Gasteiger partial charge in [0.2, 0.25) is 0 Å². The van der Waals surface area contributed by atoms with Crippen LogP contribution in [0, 0.1) is 11.8 Å². The minimum absolute atomic E-state index is 0.290. The van der Waals surface area contributed by atoms with Crippen LogP contribution in [0.5, 0.6) is 0 Å². The van der Waals surface area contributed by atoms with Crippen molar-refractivity contribution in [1.82, 2.24) is 0 Å². The smallest absolute Gasteiger partial charge is 0.156 e. The summed E-state index contributed by atoms with van der Waals surface area (Å²) in [4.78, 5) is 0. The van der Waals surface area contributed by atoms with Crippen LogP contribution in [-0.2, 0) is 4.74 Å². The molecule has 1 saturated heterocycles. The predicted molar refractivity (Wildman–Crippen MR) is 52.3 cm³/mol. The average Bonchev–Trinajstić information content (AvgIpc) is 1.96. The Morgan fingerprint density at radius 3 is 2.08 bits per heavy atom. The van der Waals surface area contributed by atoms with E-state index >= 15 is 0 Å². The summed E-state index contributed by atoms with van der Waals surface area (Å²) >= 11 is 0. The van der Waals surface area contributed by atoms with Crippen molar-refractivity contribution < 1.29 is 9.84 Å². The molecule has 1 heterocycles. The molecule has 0 spiro atoms. The van der Waals surface area contributed by atoms with E-state index in [9.17, 15) is 5.11 Å². The van der Waals surface area contributed by atoms with E-state index in [0.717, 1.165) is 0 Å². The molecule has 0 aromatic heterocycles. The zero-order chi connectivity index (χ0) is 10.3. The van der Waals surface area contributed by atoms with E-state index in [0.29, 0.717) is 6.42 Å². The first-order chi connectivity index (χ1) is 5.72. The number of hydrogen-bond acceptors (Lipinski definition) is 2. The molecule has 0 aromatic carbocycles. The Morgan fingerprint density at radius 1 is 1.23 bits per heavy atom. The van der Waals surface area contributed by atoms with Crippen molar-refractivity contribution in [1.29, 1.82) is 0 Å². The maximum atomic E-state index is 10.3. The molecule has 1 rings (SSSR count). The summed E-state index contributed by atoms with van der Waals surface area (Å²) in [6, 6.07) is 0. The van der Waals surface area contributed by atoms with Crippen LogP contribution in [0.15, 0.2) is 0 Å². The Bertz CT molecular complexity index is 268. The second-order valence-electron chi connectivity index (χ2n) is 4.78. The van der Waals surface area contributed by atoms with Crippen molar-refractivity contribution in [3.05, 3.63) is 0 Å². The zero-order valence-corrected chi connectivity index (χ0v) is 9.06. The van der Waals surface area contributed by atoms with E-state index in [2.05, 4.69) is 11.8 Å². The minimum Gasteiger partial charge on any atom is -0.374 e. The van der Waals surface area contributed by atoms with Crippen molar-refractivity contribution >= 4 is 0 Å². The molecule has 0 saturated carbocycles.